The van der Waals surface area contributed by atoms with Crippen LogP contribution in [0.3, 0.4) is 0 Å². The number of rotatable bonds is 7. The van der Waals surface area contributed by atoms with Crippen LogP contribution in [0.1, 0.15) is 11.3 Å². The van der Waals surface area contributed by atoms with Crippen molar-refractivity contribution in [3.63, 3.8) is 0 Å². The van der Waals surface area contributed by atoms with E-state index in [1.165, 1.54) is 23.5 Å². The molecule has 0 radical (unpaired) electrons. The van der Waals surface area contributed by atoms with Gasteiger partial charge in [0.15, 0.2) is 0 Å². The van der Waals surface area contributed by atoms with Crippen molar-refractivity contribution in [3.05, 3.63) is 46.2 Å². The molecule has 0 saturated heterocycles. The average molecular weight is 329 g/mol. The molecule has 2 aromatic rings. The van der Waals surface area contributed by atoms with E-state index in [0.717, 1.165) is 11.8 Å². The first-order valence-corrected chi connectivity index (χ1v) is 8.75. The Hall–Kier alpha value is -1.35. The summed E-state index contributed by atoms with van der Waals surface area (Å²) >= 11 is 1.46. The first kappa shape index (κ1) is 16.0. The SMILES string of the molecule is CNCc1ccc(F)cc1S(=O)(=O)NCCc1cscn1. The van der Waals surface area contributed by atoms with Crippen LogP contribution < -0.4 is 10.0 Å². The third kappa shape index (κ3) is 4.31. The molecule has 0 aliphatic carbocycles. The van der Waals surface area contributed by atoms with Gasteiger partial charge < -0.3 is 5.32 Å². The van der Waals surface area contributed by atoms with Gasteiger partial charge in [-0.1, -0.05) is 6.07 Å². The number of thiazole rings is 1. The zero-order valence-corrected chi connectivity index (χ0v) is 13.1. The minimum atomic E-state index is -3.74. The zero-order valence-electron chi connectivity index (χ0n) is 11.5. The van der Waals surface area contributed by atoms with Crippen LogP contribution in [0.5, 0.6) is 0 Å². The predicted octanol–water partition coefficient (Wildman–Crippen LogP) is 1.52. The first-order valence-electron chi connectivity index (χ1n) is 6.32. The Morgan fingerprint density at radius 1 is 1.38 bits per heavy atom. The smallest absolute Gasteiger partial charge is 0.241 e. The Balaban J connectivity index is 2.12. The molecule has 0 fully saturated rings. The summed E-state index contributed by atoms with van der Waals surface area (Å²) in [6.45, 7) is 0.574. The molecule has 2 N–H and O–H groups in total. The normalized spacial score (nSPS) is 11.7. The molecule has 0 amide bonds. The molecule has 0 saturated carbocycles. The van der Waals surface area contributed by atoms with Crippen LogP contribution in [0.4, 0.5) is 4.39 Å². The first-order chi connectivity index (χ1) is 10.0. The number of nitrogens with zero attached hydrogens (tertiary/aromatic N) is 1. The number of halogens is 1. The molecule has 8 heteroatoms. The Bertz CT molecular complexity index is 687. The molecule has 0 atom stereocenters. The molecule has 0 bridgehead atoms. The third-order valence-corrected chi connectivity index (χ3v) is 5.02. The highest BCUT2D eigenvalue weighted by Crippen LogP contribution is 2.17. The van der Waals surface area contributed by atoms with Gasteiger partial charge in [0.1, 0.15) is 5.82 Å². The molecule has 0 unspecified atom stereocenters. The highest BCUT2D eigenvalue weighted by Gasteiger charge is 2.18. The van der Waals surface area contributed by atoms with E-state index in [4.69, 9.17) is 0 Å². The number of nitrogens with one attached hydrogen (secondary N) is 2. The van der Waals surface area contributed by atoms with Crippen molar-refractivity contribution in [1.82, 2.24) is 15.0 Å². The minimum Gasteiger partial charge on any atom is -0.316 e. The molecule has 5 nitrogen and oxygen atoms in total. The number of aromatic nitrogens is 1. The second-order valence-electron chi connectivity index (χ2n) is 4.41. The van der Waals surface area contributed by atoms with Crippen LogP contribution >= 0.6 is 11.3 Å². The summed E-state index contributed by atoms with van der Waals surface area (Å²) in [4.78, 5) is 4.05. The maximum absolute atomic E-state index is 13.3. The maximum atomic E-state index is 13.3. The van der Waals surface area contributed by atoms with Gasteiger partial charge >= 0.3 is 0 Å². The number of hydrogen-bond acceptors (Lipinski definition) is 5. The summed E-state index contributed by atoms with van der Waals surface area (Å²) < 4.78 is 40.4. The lowest BCUT2D eigenvalue weighted by atomic mass is 10.2. The summed E-state index contributed by atoms with van der Waals surface area (Å²) in [5.41, 5.74) is 3.05. The van der Waals surface area contributed by atoms with Gasteiger partial charge in [-0.05, 0) is 24.7 Å². The van der Waals surface area contributed by atoms with Crippen LogP contribution in [-0.4, -0.2) is 27.0 Å². The Morgan fingerprint density at radius 2 is 2.19 bits per heavy atom. The summed E-state index contributed by atoms with van der Waals surface area (Å²) in [5, 5.41) is 4.74. The maximum Gasteiger partial charge on any atom is 0.241 e. The van der Waals surface area contributed by atoms with Gasteiger partial charge in [0, 0.05) is 24.9 Å². The lowest BCUT2D eigenvalue weighted by Crippen LogP contribution is -2.27. The van der Waals surface area contributed by atoms with Crippen LogP contribution in [0.2, 0.25) is 0 Å². The monoisotopic (exact) mass is 329 g/mol. The van der Waals surface area contributed by atoms with E-state index >= 15 is 0 Å². The van der Waals surface area contributed by atoms with E-state index in [2.05, 4.69) is 15.0 Å². The predicted molar refractivity (Wildman–Crippen MR) is 80.2 cm³/mol. The van der Waals surface area contributed by atoms with Crippen LogP contribution in [0, 0.1) is 5.82 Å². The Kier molecular flexibility index (Phi) is 5.40. The number of sulfonamides is 1. The van der Waals surface area contributed by atoms with E-state index in [1.807, 2.05) is 5.38 Å². The Labute approximate surface area is 127 Å². The van der Waals surface area contributed by atoms with Crippen molar-refractivity contribution in [2.24, 2.45) is 0 Å². The lowest BCUT2D eigenvalue weighted by molar-refractivity contribution is 0.574. The topological polar surface area (TPSA) is 71.1 Å². The molecule has 0 spiro atoms. The molecule has 0 aliphatic rings. The van der Waals surface area contributed by atoms with Crippen molar-refractivity contribution in [2.45, 2.75) is 17.9 Å². The lowest BCUT2D eigenvalue weighted by Gasteiger charge is -2.11. The molecular weight excluding hydrogens is 313 g/mol. The van der Waals surface area contributed by atoms with Crippen molar-refractivity contribution >= 4 is 21.4 Å². The van der Waals surface area contributed by atoms with Gasteiger partial charge in [-0.3, -0.25) is 0 Å². The number of hydrogen-bond donors (Lipinski definition) is 2. The van der Waals surface area contributed by atoms with E-state index in [0.29, 0.717) is 18.5 Å². The van der Waals surface area contributed by atoms with E-state index in [-0.39, 0.29) is 11.4 Å². The van der Waals surface area contributed by atoms with Gasteiger partial charge in [-0.2, -0.15) is 0 Å². The minimum absolute atomic E-state index is 0.0323. The fourth-order valence-corrected chi connectivity index (χ4v) is 3.74. The second-order valence-corrected chi connectivity index (χ2v) is 6.86. The third-order valence-electron chi connectivity index (χ3n) is 2.84. The average Bonchev–Trinajstić information content (AvgIpc) is 2.94. The highest BCUT2D eigenvalue weighted by atomic mass is 32.2. The second kappa shape index (κ2) is 7.08. The van der Waals surface area contributed by atoms with Gasteiger partial charge in [-0.15, -0.1) is 11.3 Å². The molecule has 114 valence electrons. The van der Waals surface area contributed by atoms with Crippen molar-refractivity contribution < 1.29 is 12.8 Å². The molecule has 1 aromatic heterocycles. The van der Waals surface area contributed by atoms with Crippen molar-refractivity contribution in [2.75, 3.05) is 13.6 Å². The van der Waals surface area contributed by atoms with Crippen molar-refractivity contribution in [3.8, 4) is 0 Å². The summed E-state index contributed by atoms with van der Waals surface area (Å²) in [6, 6.07) is 3.76. The molecule has 1 heterocycles. The van der Waals surface area contributed by atoms with E-state index < -0.39 is 15.8 Å². The molecular formula is C13H16FN3O2S2. The van der Waals surface area contributed by atoms with Crippen molar-refractivity contribution in [1.29, 1.82) is 0 Å². The van der Waals surface area contributed by atoms with Crippen LogP contribution in [0.25, 0.3) is 0 Å². The van der Waals surface area contributed by atoms with E-state index in [1.54, 1.807) is 12.6 Å². The quantitative estimate of drug-likeness (QED) is 0.808. The molecule has 21 heavy (non-hydrogen) atoms. The summed E-state index contributed by atoms with van der Waals surface area (Å²) in [7, 11) is -2.04. The van der Waals surface area contributed by atoms with Gasteiger partial charge in [0.2, 0.25) is 10.0 Å². The fraction of sp³-hybridized carbons (Fsp3) is 0.308. The van der Waals surface area contributed by atoms with E-state index in [9.17, 15) is 12.8 Å². The molecule has 0 aliphatic heterocycles. The van der Waals surface area contributed by atoms with Crippen LogP contribution in [0.15, 0.2) is 34.0 Å². The fourth-order valence-electron chi connectivity index (χ4n) is 1.87. The molecule has 2 rings (SSSR count). The standard InChI is InChI=1S/C13H16FN3O2S2/c1-15-7-10-2-3-11(14)6-13(10)21(18,19)17-5-4-12-8-20-9-16-12/h2-3,6,8-9,15,17H,4-5,7H2,1H3. The number of benzene rings is 1. The van der Waals surface area contributed by atoms with Crippen LogP contribution in [-0.2, 0) is 23.0 Å². The summed E-state index contributed by atoms with van der Waals surface area (Å²) in [6.07, 6.45) is 0.499. The summed E-state index contributed by atoms with van der Waals surface area (Å²) in [5.74, 6) is -0.574. The molecule has 1 aromatic carbocycles. The van der Waals surface area contributed by atoms with Gasteiger partial charge in [0.05, 0.1) is 16.1 Å². The van der Waals surface area contributed by atoms with Gasteiger partial charge in [-0.25, -0.2) is 22.5 Å². The highest BCUT2D eigenvalue weighted by molar-refractivity contribution is 7.89. The Morgan fingerprint density at radius 3 is 2.86 bits per heavy atom. The zero-order chi connectivity index (χ0) is 15.3. The largest absolute Gasteiger partial charge is 0.316 e. The van der Waals surface area contributed by atoms with Gasteiger partial charge in [0.25, 0.3) is 0 Å².